The van der Waals surface area contributed by atoms with Gasteiger partial charge >= 0.3 is 6.03 Å². The molecule has 0 bridgehead atoms. The molecule has 154 valence electrons. The highest BCUT2D eigenvalue weighted by atomic mass is 32.2. The second-order valence-electron chi connectivity index (χ2n) is 8.21. The normalized spacial score (nSPS) is 25.2. The van der Waals surface area contributed by atoms with Crippen molar-refractivity contribution in [1.82, 2.24) is 10.2 Å². The number of fused-ring (bicyclic) bond motifs is 2. The standard InChI is InChI=1S/C23H23N3O3S/c1-15-8-6-7-13-23(15)21(28)25(22(29)24-23)14-20(27)26-16-9-2-4-11-18(16)30-19-12-5-3-10-17(19)26/h2-5,9-12,15H,6-8,13-14H2,1H3,(H,24,29). The van der Waals surface area contributed by atoms with Crippen LogP contribution in [-0.2, 0) is 9.59 Å². The quantitative estimate of drug-likeness (QED) is 0.734. The zero-order valence-corrected chi connectivity index (χ0v) is 17.6. The average molecular weight is 422 g/mol. The Kier molecular flexibility index (Phi) is 4.58. The van der Waals surface area contributed by atoms with Gasteiger partial charge < -0.3 is 5.32 Å². The number of rotatable bonds is 2. The van der Waals surface area contributed by atoms with E-state index in [1.807, 2.05) is 55.5 Å². The molecule has 2 aliphatic heterocycles. The van der Waals surface area contributed by atoms with Crippen molar-refractivity contribution in [3.63, 3.8) is 0 Å². The number of imide groups is 1. The molecule has 2 atom stereocenters. The van der Waals surface area contributed by atoms with E-state index in [-0.39, 0.29) is 24.3 Å². The predicted molar refractivity (Wildman–Crippen MR) is 115 cm³/mol. The third-order valence-electron chi connectivity index (χ3n) is 6.48. The van der Waals surface area contributed by atoms with Gasteiger partial charge in [-0.25, -0.2) is 4.79 Å². The summed E-state index contributed by atoms with van der Waals surface area (Å²) in [6.45, 7) is 1.74. The Bertz CT molecular complexity index is 1010. The Morgan fingerprint density at radius 1 is 1.07 bits per heavy atom. The molecule has 2 heterocycles. The Labute approximate surface area is 179 Å². The van der Waals surface area contributed by atoms with Gasteiger partial charge in [-0.2, -0.15) is 0 Å². The van der Waals surface area contributed by atoms with Crippen molar-refractivity contribution >= 4 is 41.0 Å². The van der Waals surface area contributed by atoms with E-state index >= 15 is 0 Å². The highest BCUT2D eigenvalue weighted by Crippen LogP contribution is 2.48. The van der Waals surface area contributed by atoms with Crippen molar-refractivity contribution in [2.24, 2.45) is 5.92 Å². The first-order valence-corrected chi connectivity index (χ1v) is 11.2. The molecule has 30 heavy (non-hydrogen) atoms. The first kappa shape index (κ1) is 19.2. The molecule has 1 spiro atoms. The monoisotopic (exact) mass is 421 g/mol. The molecule has 4 amide bonds. The number of hydrogen-bond donors (Lipinski definition) is 1. The topological polar surface area (TPSA) is 69.7 Å². The largest absolute Gasteiger partial charge is 0.325 e. The smallest absolute Gasteiger partial charge is 0.323 e. The molecule has 6 nitrogen and oxygen atoms in total. The molecule has 2 fully saturated rings. The minimum absolute atomic E-state index is 0.0654. The number of hydrogen-bond acceptors (Lipinski definition) is 4. The van der Waals surface area contributed by atoms with Gasteiger partial charge in [0.25, 0.3) is 11.8 Å². The van der Waals surface area contributed by atoms with Gasteiger partial charge in [-0.05, 0) is 43.0 Å². The van der Waals surface area contributed by atoms with Gasteiger partial charge in [-0.15, -0.1) is 0 Å². The summed E-state index contributed by atoms with van der Waals surface area (Å²) < 4.78 is 0. The Morgan fingerprint density at radius 2 is 1.70 bits per heavy atom. The van der Waals surface area contributed by atoms with Gasteiger partial charge in [0, 0.05) is 9.79 Å². The zero-order chi connectivity index (χ0) is 20.9. The van der Waals surface area contributed by atoms with Gasteiger partial charge in [-0.3, -0.25) is 19.4 Å². The molecule has 2 unspecified atom stereocenters. The van der Waals surface area contributed by atoms with E-state index in [0.29, 0.717) is 6.42 Å². The van der Waals surface area contributed by atoms with Crippen LogP contribution in [-0.4, -0.2) is 34.8 Å². The summed E-state index contributed by atoms with van der Waals surface area (Å²) in [5.74, 6) is -0.490. The number of urea groups is 1. The highest BCUT2D eigenvalue weighted by Gasteiger charge is 2.55. The molecule has 1 aliphatic carbocycles. The third-order valence-corrected chi connectivity index (χ3v) is 7.61. The molecule has 2 aromatic rings. The van der Waals surface area contributed by atoms with Crippen LogP contribution in [0.25, 0.3) is 0 Å². The average Bonchev–Trinajstić information content (AvgIpc) is 2.99. The summed E-state index contributed by atoms with van der Waals surface area (Å²) in [4.78, 5) is 44.2. The van der Waals surface area contributed by atoms with E-state index < -0.39 is 11.6 Å². The van der Waals surface area contributed by atoms with Crippen LogP contribution in [0.4, 0.5) is 16.2 Å². The summed E-state index contributed by atoms with van der Waals surface area (Å²) in [5.41, 5.74) is 0.696. The fourth-order valence-electron chi connectivity index (χ4n) is 4.82. The predicted octanol–water partition coefficient (Wildman–Crippen LogP) is 4.32. The van der Waals surface area contributed by atoms with E-state index in [2.05, 4.69) is 5.32 Å². The third kappa shape index (κ3) is 2.83. The molecule has 1 saturated heterocycles. The van der Waals surface area contributed by atoms with Crippen molar-refractivity contribution in [2.75, 3.05) is 11.4 Å². The molecular formula is C23H23N3O3S. The first-order valence-electron chi connectivity index (χ1n) is 10.3. The van der Waals surface area contributed by atoms with Crippen molar-refractivity contribution in [2.45, 2.75) is 47.9 Å². The summed E-state index contributed by atoms with van der Waals surface area (Å²) in [7, 11) is 0. The second kappa shape index (κ2) is 7.16. The number of nitrogens with one attached hydrogen (secondary N) is 1. The Hall–Kier alpha value is -2.80. The maximum absolute atomic E-state index is 13.5. The minimum atomic E-state index is -0.858. The number of benzene rings is 2. The van der Waals surface area contributed by atoms with E-state index in [1.54, 1.807) is 16.7 Å². The lowest BCUT2D eigenvalue weighted by atomic mass is 9.73. The van der Waals surface area contributed by atoms with Crippen LogP contribution in [0, 0.1) is 5.92 Å². The summed E-state index contributed by atoms with van der Waals surface area (Å²) in [6, 6.07) is 14.9. The first-order chi connectivity index (χ1) is 14.5. The molecule has 1 saturated carbocycles. The molecule has 0 radical (unpaired) electrons. The van der Waals surface area contributed by atoms with Crippen molar-refractivity contribution < 1.29 is 14.4 Å². The minimum Gasteiger partial charge on any atom is -0.323 e. The van der Waals surface area contributed by atoms with Crippen LogP contribution in [0.5, 0.6) is 0 Å². The zero-order valence-electron chi connectivity index (χ0n) is 16.8. The maximum Gasteiger partial charge on any atom is 0.325 e. The van der Waals surface area contributed by atoms with Crippen molar-refractivity contribution in [1.29, 1.82) is 0 Å². The second-order valence-corrected chi connectivity index (χ2v) is 9.29. The van der Waals surface area contributed by atoms with Crippen LogP contribution in [0.3, 0.4) is 0 Å². The van der Waals surface area contributed by atoms with Crippen LogP contribution in [0.1, 0.15) is 32.6 Å². The highest BCUT2D eigenvalue weighted by molar-refractivity contribution is 7.99. The van der Waals surface area contributed by atoms with Crippen LogP contribution in [0.15, 0.2) is 58.3 Å². The number of para-hydroxylation sites is 2. The van der Waals surface area contributed by atoms with E-state index in [0.717, 1.165) is 45.3 Å². The van der Waals surface area contributed by atoms with Gasteiger partial charge in [0.05, 0.1) is 11.4 Å². The van der Waals surface area contributed by atoms with Gasteiger partial charge in [-0.1, -0.05) is 55.8 Å². The van der Waals surface area contributed by atoms with Crippen molar-refractivity contribution in [3.05, 3.63) is 48.5 Å². The fourth-order valence-corrected chi connectivity index (χ4v) is 5.88. The van der Waals surface area contributed by atoms with Gasteiger partial charge in [0.2, 0.25) is 0 Å². The Morgan fingerprint density at radius 3 is 2.33 bits per heavy atom. The SMILES string of the molecule is CC1CCCCC12NC(=O)N(CC(=O)N1c3ccccc3Sc3ccccc31)C2=O. The lowest BCUT2D eigenvalue weighted by Gasteiger charge is -2.37. The molecule has 5 rings (SSSR count). The lowest BCUT2D eigenvalue weighted by Crippen LogP contribution is -2.54. The Balaban J connectivity index is 1.46. The number of amides is 4. The van der Waals surface area contributed by atoms with Gasteiger partial charge in [0.15, 0.2) is 0 Å². The van der Waals surface area contributed by atoms with Crippen molar-refractivity contribution in [3.8, 4) is 0 Å². The molecule has 3 aliphatic rings. The van der Waals surface area contributed by atoms with Crippen LogP contribution < -0.4 is 10.2 Å². The molecule has 1 N–H and O–H groups in total. The number of carbonyl (C=O) groups is 3. The van der Waals surface area contributed by atoms with Crippen LogP contribution >= 0.6 is 11.8 Å². The molecule has 2 aromatic carbocycles. The van der Waals surface area contributed by atoms with Gasteiger partial charge in [0.1, 0.15) is 12.1 Å². The fraction of sp³-hybridized carbons (Fsp3) is 0.348. The summed E-state index contributed by atoms with van der Waals surface area (Å²) in [6.07, 6.45) is 3.50. The summed E-state index contributed by atoms with van der Waals surface area (Å²) in [5, 5.41) is 2.93. The lowest BCUT2D eigenvalue weighted by molar-refractivity contribution is -0.136. The maximum atomic E-state index is 13.5. The molecule has 7 heteroatoms. The van der Waals surface area contributed by atoms with E-state index in [1.165, 1.54) is 0 Å². The van der Waals surface area contributed by atoms with E-state index in [9.17, 15) is 14.4 Å². The number of anilines is 2. The number of carbonyl (C=O) groups excluding carboxylic acids is 3. The number of nitrogens with zero attached hydrogens (tertiary/aromatic N) is 2. The summed E-state index contributed by atoms with van der Waals surface area (Å²) >= 11 is 1.61. The molecular weight excluding hydrogens is 398 g/mol. The van der Waals surface area contributed by atoms with Crippen LogP contribution in [0.2, 0.25) is 0 Å². The van der Waals surface area contributed by atoms with E-state index in [4.69, 9.17) is 0 Å². The molecule has 0 aromatic heterocycles.